The van der Waals surface area contributed by atoms with E-state index in [4.69, 9.17) is 4.98 Å². The Bertz CT molecular complexity index is 1500. The van der Waals surface area contributed by atoms with Crippen molar-refractivity contribution in [1.29, 1.82) is 0 Å². The molecule has 0 N–H and O–H groups in total. The molecule has 2 aromatic heterocycles. The molecule has 0 saturated carbocycles. The van der Waals surface area contributed by atoms with Crippen molar-refractivity contribution >= 4 is 44.0 Å². The lowest BCUT2D eigenvalue weighted by atomic mass is 9.82. The Kier molecular flexibility index (Phi) is 4.12. The lowest BCUT2D eigenvalue weighted by Gasteiger charge is -2.24. The third-order valence-corrected chi connectivity index (χ3v) is 8.43. The highest BCUT2D eigenvalue weighted by molar-refractivity contribution is 8.00. The number of aryl methyl sites for hydroxylation is 1. The van der Waals surface area contributed by atoms with Crippen molar-refractivity contribution in [1.82, 2.24) is 4.98 Å². The summed E-state index contributed by atoms with van der Waals surface area (Å²) in [4.78, 5) is 8.93. The molecule has 0 amide bonds. The van der Waals surface area contributed by atoms with Crippen molar-refractivity contribution in [3.05, 3.63) is 77.3 Å². The predicted octanol–water partition coefficient (Wildman–Crippen LogP) is 8.85. The lowest BCUT2D eigenvalue weighted by molar-refractivity contribution is 0.596. The van der Waals surface area contributed by atoms with Crippen LogP contribution in [-0.2, 0) is 5.41 Å². The fourth-order valence-corrected chi connectivity index (χ4v) is 7.17. The smallest absolute Gasteiger partial charge is 0.0847 e. The first kappa shape index (κ1) is 19.1. The number of nitrogens with zero attached hydrogens (tertiary/aromatic N) is 1. The molecular formula is C28H23NS2. The summed E-state index contributed by atoms with van der Waals surface area (Å²) in [6, 6.07) is 22.3. The van der Waals surface area contributed by atoms with Gasteiger partial charge in [-0.1, -0.05) is 62.9 Å². The number of pyridine rings is 1. The molecule has 0 fully saturated rings. The minimum Gasteiger partial charge on any atom is -0.255 e. The van der Waals surface area contributed by atoms with Gasteiger partial charge in [-0.2, -0.15) is 0 Å². The molecule has 0 bridgehead atoms. The van der Waals surface area contributed by atoms with E-state index in [1.54, 1.807) is 0 Å². The molecule has 1 aliphatic rings. The normalized spacial score (nSPS) is 13.0. The van der Waals surface area contributed by atoms with Gasteiger partial charge >= 0.3 is 0 Å². The molecule has 0 spiro atoms. The zero-order valence-electron chi connectivity index (χ0n) is 18.1. The molecule has 1 aliphatic heterocycles. The van der Waals surface area contributed by atoms with Crippen LogP contribution in [0.5, 0.6) is 0 Å². The number of benzene rings is 3. The summed E-state index contributed by atoms with van der Waals surface area (Å²) < 4.78 is 1.38. The van der Waals surface area contributed by atoms with Gasteiger partial charge in [-0.15, -0.1) is 11.3 Å². The largest absolute Gasteiger partial charge is 0.255 e. The zero-order valence-corrected chi connectivity index (χ0v) is 19.7. The second-order valence-electron chi connectivity index (χ2n) is 9.30. The lowest BCUT2D eigenvalue weighted by Crippen LogP contribution is -2.12. The molecule has 0 atom stereocenters. The SMILES string of the molecule is Cc1sc2cccc3c2c1-c1ccnc(-c2cc(C(C)(C)C)c4ccccc4c2)c1S3. The molecule has 3 heterocycles. The van der Waals surface area contributed by atoms with E-state index in [1.807, 2.05) is 29.3 Å². The summed E-state index contributed by atoms with van der Waals surface area (Å²) in [6.45, 7) is 9.13. The second kappa shape index (κ2) is 6.69. The molecule has 31 heavy (non-hydrogen) atoms. The first-order chi connectivity index (χ1) is 14.9. The van der Waals surface area contributed by atoms with Gasteiger partial charge in [0.15, 0.2) is 0 Å². The molecule has 1 nitrogen and oxygen atoms in total. The van der Waals surface area contributed by atoms with Crippen molar-refractivity contribution < 1.29 is 0 Å². The molecule has 3 aromatic carbocycles. The zero-order chi connectivity index (χ0) is 21.3. The van der Waals surface area contributed by atoms with Crippen LogP contribution in [0.25, 0.3) is 43.2 Å². The van der Waals surface area contributed by atoms with Crippen LogP contribution in [0.3, 0.4) is 0 Å². The number of rotatable bonds is 1. The van der Waals surface area contributed by atoms with Crippen LogP contribution >= 0.6 is 23.1 Å². The Morgan fingerprint density at radius 1 is 0.903 bits per heavy atom. The standard InChI is InChI=1S/C28H23NS2/c1-16-24-20-12-13-29-26(27(20)31-23-11-7-10-22(30-16)25(23)24)18-14-17-8-5-6-9-19(17)21(15-18)28(2,3)4/h5-15H,1-4H3. The minimum absolute atomic E-state index is 0.0559. The summed E-state index contributed by atoms with van der Waals surface area (Å²) in [7, 11) is 0. The van der Waals surface area contributed by atoms with Crippen molar-refractivity contribution in [2.75, 3.05) is 0 Å². The molecule has 0 aliphatic carbocycles. The first-order valence-electron chi connectivity index (χ1n) is 10.6. The quantitative estimate of drug-likeness (QED) is 0.255. The maximum atomic E-state index is 4.93. The Hall–Kier alpha value is -2.62. The number of hydrogen-bond acceptors (Lipinski definition) is 3. The van der Waals surface area contributed by atoms with Gasteiger partial charge in [0.1, 0.15) is 0 Å². The van der Waals surface area contributed by atoms with Crippen LogP contribution in [0.2, 0.25) is 0 Å². The highest BCUT2D eigenvalue weighted by atomic mass is 32.2. The molecule has 3 heteroatoms. The Morgan fingerprint density at radius 3 is 2.58 bits per heavy atom. The number of hydrogen-bond donors (Lipinski definition) is 0. The third-order valence-electron chi connectivity index (χ3n) is 6.18. The number of fused-ring (bicyclic) bond motifs is 3. The fourth-order valence-electron chi connectivity index (χ4n) is 4.78. The Labute approximate surface area is 191 Å². The maximum Gasteiger partial charge on any atom is 0.0847 e. The van der Waals surface area contributed by atoms with Gasteiger partial charge in [0, 0.05) is 47.6 Å². The summed E-state index contributed by atoms with van der Waals surface area (Å²) >= 11 is 3.77. The van der Waals surface area contributed by atoms with E-state index >= 15 is 0 Å². The monoisotopic (exact) mass is 437 g/mol. The Balaban J connectivity index is 1.65. The van der Waals surface area contributed by atoms with Crippen molar-refractivity contribution in [3.63, 3.8) is 0 Å². The molecule has 0 saturated heterocycles. The van der Waals surface area contributed by atoms with E-state index in [2.05, 4.69) is 88.4 Å². The average Bonchev–Trinajstić information content (AvgIpc) is 3.10. The summed E-state index contributed by atoms with van der Waals surface area (Å²) in [5.74, 6) is 0. The summed E-state index contributed by atoms with van der Waals surface area (Å²) in [5, 5.41) is 4.02. The molecule has 0 radical (unpaired) electrons. The molecule has 6 rings (SSSR count). The summed E-state index contributed by atoms with van der Waals surface area (Å²) in [5.41, 5.74) is 6.44. The predicted molar refractivity (Wildman–Crippen MR) is 136 cm³/mol. The van der Waals surface area contributed by atoms with Gasteiger partial charge in [-0.05, 0) is 59.0 Å². The van der Waals surface area contributed by atoms with Crippen molar-refractivity contribution in [2.45, 2.75) is 42.9 Å². The number of aromatic nitrogens is 1. The van der Waals surface area contributed by atoms with Crippen LogP contribution in [0, 0.1) is 6.92 Å². The van der Waals surface area contributed by atoms with E-state index in [1.165, 1.54) is 57.8 Å². The van der Waals surface area contributed by atoms with E-state index in [0.29, 0.717) is 0 Å². The highest BCUT2D eigenvalue weighted by Crippen LogP contribution is 2.54. The van der Waals surface area contributed by atoms with Crippen LogP contribution in [-0.4, -0.2) is 4.98 Å². The summed E-state index contributed by atoms with van der Waals surface area (Å²) in [6.07, 6.45) is 1.98. The van der Waals surface area contributed by atoms with Crippen LogP contribution in [0.4, 0.5) is 0 Å². The fraction of sp³-hybridized carbons (Fsp3) is 0.179. The Morgan fingerprint density at radius 2 is 1.74 bits per heavy atom. The molecule has 0 unspecified atom stereocenters. The van der Waals surface area contributed by atoms with Crippen LogP contribution in [0.1, 0.15) is 31.2 Å². The van der Waals surface area contributed by atoms with Gasteiger partial charge in [0.05, 0.1) is 5.69 Å². The topological polar surface area (TPSA) is 12.9 Å². The minimum atomic E-state index is 0.0559. The van der Waals surface area contributed by atoms with Crippen molar-refractivity contribution in [3.8, 4) is 22.4 Å². The molecule has 5 aromatic rings. The average molecular weight is 438 g/mol. The van der Waals surface area contributed by atoms with E-state index in [-0.39, 0.29) is 5.41 Å². The van der Waals surface area contributed by atoms with Crippen LogP contribution < -0.4 is 0 Å². The van der Waals surface area contributed by atoms with Crippen LogP contribution in [0.15, 0.2) is 76.7 Å². The van der Waals surface area contributed by atoms with Gasteiger partial charge in [-0.25, -0.2) is 0 Å². The third kappa shape index (κ3) is 2.87. The van der Waals surface area contributed by atoms with Gasteiger partial charge in [-0.3, -0.25) is 4.98 Å². The molecule has 152 valence electrons. The maximum absolute atomic E-state index is 4.93. The van der Waals surface area contributed by atoms with Gasteiger partial charge < -0.3 is 0 Å². The first-order valence-corrected chi connectivity index (χ1v) is 12.3. The highest BCUT2D eigenvalue weighted by Gasteiger charge is 2.26. The van der Waals surface area contributed by atoms with E-state index < -0.39 is 0 Å². The van der Waals surface area contributed by atoms with E-state index in [9.17, 15) is 0 Å². The van der Waals surface area contributed by atoms with Crippen molar-refractivity contribution in [2.24, 2.45) is 0 Å². The second-order valence-corrected chi connectivity index (χ2v) is 11.6. The van der Waals surface area contributed by atoms with Gasteiger partial charge in [0.2, 0.25) is 0 Å². The number of thiophene rings is 1. The molecular weight excluding hydrogens is 414 g/mol. The van der Waals surface area contributed by atoms with Gasteiger partial charge in [0.25, 0.3) is 0 Å². The van der Waals surface area contributed by atoms with E-state index in [0.717, 1.165) is 5.69 Å².